The molecule has 0 fully saturated rings. The second-order valence-corrected chi connectivity index (χ2v) is 3.82. The summed E-state index contributed by atoms with van der Waals surface area (Å²) in [6, 6.07) is 7.89. The number of hydrogen-bond donors (Lipinski definition) is 0. The third kappa shape index (κ3) is 4.69. The summed E-state index contributed by atoms with van der Waals surface area (Å²) in [5.41, 5.74) is 1.12. The van der Waals surface area contributed by atoms with E-state index in [1.165, 1.54) is 0 Å². The molecule has 0 saturated heterocycles. The molecule has 0 radical (unpaired) electrons. The molecule has 0 saturated carbocycles. The maximum atomic E-state index is 5.73. The molecule has 0 amide bonds. The van der Waals surface area contributed by atoms with Crippen LogP contribution in [0.3, 0.4) is 0 Å². The van der Waals surface area contributed by atoms with E-state index in [-0.39, 0.29) is 12.4 Å². The van der Waals surface area contributed by atoms with Crippen molar-refractivity contribution in [1.82, 2.24) is 0 Å². The van der Waals surface area contributed by atoms with E-state index in [1.54, 1.807) is 7.11 Å². The molecule has 2 nitrogen and oxygen atoms in total. The van der Waals surface area contributed by atoms with Crippen molar-refractivity contribution in [2.75, 3.05) is 36.9 Å². The SMILES string of the molecule is COc1ccc(N(CCCl)CCCl)cc1.Cl. The molecule has 0 N–H and O–H groups in total. The summed E-state index contributed by atoms with van der Waals surface area (Å²) >= 11 is 11.5. The van der Waals surface area contributed by atoms with Gasteiger partial charge in [0.15, 0.2) is 0 Å². The molecule has 0 aliphatic heterocycles. The van der Waals surface area contributed by atoms with Crippen molar-refractivity contribution in [3.05, 3.63) is 24.3 Å². The lowest BCUT2D eigenvalue weighted by Gasteiger charge is -2.22. The van der Waals surface area contributed by atoms with Gasteiger partial charge in [-0.15, -0.1) is 35.6 Å². The summed E-state index contributed by atoms with van der Waals surface area (Å²) in [5.74, 6) is 2.06. The van der Waals surface area contributed by atoms with Crippen molar-refractivity contribution in [3.63, 3.8) is 0 Å². The molecule has 0 bridgehead atoms. The van der Waals surface area contributed by atoms with Crippen LogP contribution in [0, 0.1) is 0 Å². The van der Waals surface area contributed by atoms with Crippen molar-refractivity contribution in [2.45, 2.75) is 0 Å². The van der Waals surface area contributed by atoms with Crippen LogP contribution in [0.2, 0.25) is 0 Å². The highest BCUT2D eigenvalue weighted by molar-refractivity contribution is 6.18. The zero-order valence-corrected chi connectivity index (χ0v) is 11.5. The lowest BCUT2D eigenvalue weighted by Crippen LogP contribution is -2.27. The number of benzene rings is 1. The molecule has 5 heteroatoms. The molecule has 0 aliphatic carbocycles. The van der Waals surface area contributed by atoms with Crippen molar-refractivity contribution >= 4 is 41.3 Å². The third-order valence-corrected chi connectivity index (χ3v) is 2.48. The van der Waals surface area contributed by atoms with Gasteiger partial charge < -0.3 is 9.64 Å². The number of hydrogen-bond acceptors (Lipinski definition) is 2. The summed E-state index contributed by atoms with van der Waals surface area (Å²) in [6.07, 6.45) is 0. The maximum absolute atomic E-state index is 5.73. The monoisotopic (exact) mass is 283 g/mol. The van der Waals surface area contributed by atoms with Gasteiger partial charge in [0.2, 0.25) is 0 Å². The second kappa shape index (κ2) is 8.80. The number of alkyl halides is 2. The number of rotatable bonds is 6. The number of methoxy groups -OCH3 is 1. The lowest BCUT2D eigenvalue weighted by molar-refractivity contribution is 0.415. The molecule has 1 rings (SSSR count). The fourth-order valence-electron chi connectivity index (χ4n) is 1.37. The van der Waals surface area contributed by atoms with E-state index in [1.807, 2.05) is 24.3 Å². The summed E-state index contributed by atoms with van der Waals surface area (Å²) in [5, 5.41) is 0. The van der Waals surface area contributed by atoms with Gasteiger partial charge in [-0.1, -0.05) is 0 Å². The molecule has 0 aliphatic rings. The average Bonchev–Trinajstić information content (AvgIpc) is 2.29. The first-order valence-corrected chi connectivity index (χ1v) is 5.89. The standard InChI is InChI=1S/C11H15Cl2NO.ClH/c1-15-11-4-2-10(3-5-11)14(8-6-12)9-7-13;/h2-5H,6-9H2,1H3;1H. The molecule has 0 spiro atoms. The Hall–Kier alpha value is -0.310. The Morgan fingerprint density at radius 2 is 1.56 bits per heavy atom. The third-order valence-electron chi connectivity index (χ3n) is 2.15. The van der Waals surface area contributed by atoms with Crippen LogP contribution in [-0.2, 0) is 0 Å². The maximum Gasteiger partial charge on any atom is 0.119 e. The van der Waals surface area contributed by atoms with Gasteiger partial charge in [-0.05, 0) is 24.3 Å². The Balaban J connectivity index is 0.00000225. The Bertz CT molecular complexity index is 273. The minimum atomic E-state index is 0. The second-order valence-electron chi connectivity index (χ2n) is 3.06. The molecule has 1 aromatic rings. The van der Waals surface area contributed by atoms with Crippen molar-refractivity contribution < 1.29 is 4.74 Å². The largest absolute Gasteiger partial charge is 0.497 e. The highest BCUT2D eigenvalue weighted by Gasteiger charge is 2.04. The molecule has 0 unspecified atom stereocenters. The van der Waals surface area contributed by atoms with E-state index in [0.717, 1.165) is 24.5 Å². The van der Waals surface area contributed by atoms with Crippen molar-refractivity contribution in [2.24, 2.45) is 0 Å². The van der Waals surface area contributed by atoms with Gasteiger partial charge in [0.1, 0.15) is 5.75 Å². The molecule has 0 heterocycles. The first kappa shape index (κ1) is 15.7. The van der Waals surface area contributed by atoms with Crippen LogP contribution >= 0.6 is 35.6 Å². The summed E-state index contributed by atoms with van der Waals surface area (Å²) in [7, 11) is 1.66. The zero-order valence-electron chi connectivity index (χ0n) is 9.16. The molecular formula is C11H16Cl3NO. The Morgan fingerprint density at radius 1 is 1.06 bits per heavy atom. The highest BCUT2D eigenvalue weighted by atomic mass is 35.5. The van der Waals surface area contributed by atoms with Gasteiger partial charge in [0.25, 0.3) is 0 Å². The van der Waals surface area contributed by atoms with Crippen molar-refractivity contribution in [3.8, 4) is 5.75 Å². The van der Waals surface area contributed by atoms with Gasteiger partial charge in [0.05, 0.1) is 7.11 Å². The molecule has 1 aromatic carbocycles. The van der Waals surface area contributed by atoms with Gasteiger partial charge in [0, 0.05) is 30.5 Å². The van der Waals surface area contributed by atoms with Gasteiger partial charge in [-0.25, -0.2) is 0 Å². The summed E-state index contributed by atoms with van der Waals surface area (Å²) in [4.78, 5) is 2.15. The predicted octanol–water partition coefficient (Wildman–Crippen LogP) is 3.40. The normalized spacial score (nSPS) is 9.44. The Labute approximate surface area is 113 Å². The average molecular weight is 285 g/mol. The summed E-state index contributed by atoms with van der Waals surface area (Å²) in [6.45, 7) is 1.61. The fourth-order valence-corrected chi connectivity index (χ4v) is 1.78. The van der Waals surface area contributed by atoms with Gasteiger partial charge in [-0.3, -0.25) is 0 Å². The first-order chi connectivity index (χ1) is 7.31. The fraction of sp³-hybridized carbons (Fsp3) is 0.455. The number of nitrogens with zero attached hydrogens (tertiary/aromatic N) is 1. The van der Waals surface area contributed by atoms with Crippen LogP contribution in [0.15, 0.2) is 24.3 Å². The minimum absolute atomic E-state index is 0. The van der Waals surface area contributed by atoms with E-state index < -0.39 is 0 Å². The predicted molar refractivity (Wildman–Crippen MR) is 73.9 cm³/mol. The molecule has 0 aromatic heterocycles. The molecular weight excluding hydrogens is 268 g/mol. The van der Waals surface area contributed by atoms with Crippen LogP contribution in [0.25, 0.3) is 0 Å². The lowest BCUT2D eigenvalue weighted by atomic mass is 10.2. The molecule has 92 valence electrons. The summed E-state index contributed by atoms with van der Waals surface area (Å²) < 4.78 is 5.10. The van der Waals surface area contributed by atoms with Crippen molar-refractivity contribution in [1.29, 1.82) is 0 Å². The van der Waals surface area contributed by atoms with Crippen LogP contribution in [0.1, 0.15) is 0 Å². The number of halogens is 3. The Kier molecular flexibility index (Phi) is 8.63. The number of anilines is 1. The molecule has 16 heavy (non-hydrogen) atoms. The number of ether oxygens (including phenoxy) is 1. The van der Waals surface area contributed by atoms with Gasteiger partial charge >= 0.3 is 0 Å². The topological polar surface area (TPSA) is 12.5 Å². The zero-order chi connectivity index (χ0) is 11.1. The first-order valence-electron chi connectivity index (χ1n) is 4.82. The van der Waals surface area contributed by atoms with Crippen LogP contribution in [0.5, 0.6) is 5.75 Å². The van der Waals surface area contributed by atoms with E-state index in [2.05, 4.69) is 4.90 Å². The highest BCUT2D eigenvalue weighted by Crippen LogP contribution is 2.19. The van der Waals surface area contributed by atoms with E-state index >= 15 is 0 Å². The van der Waals surface area contributed by atoms with E-state index in [9.17, 15) is 0 Å². The van der Waals surface area contributed by atoms with E-state index in [0.29, 0.717) is 11.8 Å². The van der Waals surface area contributed by atoms with Crippen LogP contribution in [-0.4, -0.2) is 32.0 Å². The smallest absolute Gasteiger partial charge is 0.119 e. The quantitative estimate of drug-likeness (QED) is 0.742. The van der Waals surface area contributed by atoms with Crippen LogP contribution < -0.4 is 9.64 Å². The van der Waals surface area contributed by atoms with E-state index in [4.69, 9.17) is 27.9 Å². The molecule has 0 atom stereocenters. The van der Waals surface area contributed by atoms with Crippen LogP contribution in [0.4, 0.5) is 5.69 Å². The van der Waals surface area contributed by atoms with Gasteiger partial charge in [-0.2, -0.15) is 0 Å². The Morgan fingerprint density at radius 3 is 1.94 bits per heavy atom. The minimum Gasteiger partial charge on any atom is -0.497 e.